The van der Waals surface area contributed by atoms with Crippen molar-refractivity contribution in [3.8, 4) is 0 Å². The zero-order valence-corrected chi connectivity index (χ0v) is 17.4. The number of fused-ring (bicyclic) bond motifs is 3. The summed E-state index contributed by atoms with van der Waals surface area (Å²) in [7, 11) is 2.18. The van der Waals surface area contributed by atoms with Gasteiger partial charge in [-0.15, -0.1) is 0 Å². The van der Waals surface area contributed by atoms with E-state index in [9.17, 15) is 4.79 Å². The summed E-state index contributed by atoms with van der Waals surface area (Å²) in [5, 5.41) is 3.24. The largest absolute Gasteiger partial charge is 0.450 e. The van der Waals surface area contributed by atoms with Crippen LogP contribution in [-0.2, 0) is 0 Å². The fraction of sp³-hybridized carbons (Fsp3) is 0.458. The molecule has 3 aromatic rings. The van der Waals surface area contributed by atoms with Crippen molar-refractivity contribution in [2.24, 2.45) is 5.92 Å². The van der Waals surface area contributed by atoms with E-state index < -0.39 is 0 Å². The molecule has 0 bridgehead atoms. The highest BCUT2D eigenvalue weighted by atomic mass is 16.3. The first-order valence-electron chi connectivity index (χ1n) is 10.4. The number of aryl methyl sites for hydroxylation is 1. The Labute approximate surface area is 167 Å². The van der Waals surface area contributed by atoms with E-state index in [-0.39, 0.29) is 5.91 Å². The Morgan fingerprint density at radius 1 is 1.14 bits per heavy atom. The maximum absolute atomic E-state index is 13.2. The summed E-state index contributed by atoms with van der Waals surface area (Å²) in [6, 6.07) is 12.9. The highest BCUT2D eigenvalue weighted by Gasteiger charge is 2.28. The second kappa shape index (κ2) is 7.59. The van der Waals surface area contributed by atoms with Crippen molar-refractivity contribution in [2.45, 2.75) is 39.7 Å². The van der Waals surface area contributed by atoms with E-state index in [0.29, 0.717) is 17.7 Å². The Bertz CT molecular complexity index is 996. The molecule has 0 N–H and O–H groups in total. The van der Waals surface area contributed by atoms with Crippen molar-refractivity contribution < 1.29 is 9.21 Å². The third kappa shape index (κ3) is 3.42. The number of nitrogens with zero attached hydrogens (tertiary/aromatic N) is 2. The van der Waals surface area contributed by atoms with Gasteiger partial charge in [-0.05, 0) is 52.0 Å². The standard InChI is InChI=1S/C24H30N2O2/c1-16(2)25(4)15-18-11-13-26(14-12-18)24(27)22-17(3)20-10-9-19-7-5-6-8-21(19)23(20)28-22/h5-10,16,18H,11-15H2,1-4H3. The molecule has 2 heterocycles. The van der Waals surface area contributed by atoms with Crippen molar-refractivity contribution in [1.29, 1.82) is 0 Å². The van der Waals surface area contributed by atoms with Crippen LogP contribution in [0.4, 0.5) is 0 Å². The molecule has 4 heteroatoms. The SMILES string of the molecule is Cc1c(C(=O)N2CCC(CN(C)C(C)C)CC2)oc2c1ccc1ccccc12. The van der Waals surface area contributed by atoms with Gasteiger partial charge in [0, 0.05) is 42.0 Å². The predicted molar refractivity (Wildman–Crippen MR) is 115 cm³/mol. The van der Waals surface area contributed by atoms with Crippen LogP contribution in [-0.4, -0.2) is 48.4 Å². The molecule has 1 aliphatic heterocycles. The van der Waals surface area contributed by atoms with E-state index in [4.69, 9.17) is 4.42 Å². The quantitative estimate of drug-likeness (QED) is 0.635. The lowest BCUT2D eigenvalue weighted by molar-refractivity contribution is 0.0636. The Balaban J connectivity index is 1.53. The molecule has 0 spiro atoms. The molecule has 1 saturated heterocycles. The molecule has 148 valence electrons. The Hall–Kier alpha value is -2.33. The molecule has 0 unspecified atom stereocenters. The molecule has 4 nitrogen and oxygen atoms in total. The van der Waals surface area contributed by atoms with Gasteiger partial charge in [0.2, 0.25) is 0 Å². The minimum absolute atomic E-state index is 0.0356. The van der Waals surface area contributed by atoms with Gasteiger partial charge in [-0.2, -0.15) is 0 Å². The van der Waals surface area contributed by atoms with Gasteiger partial charge in [-0.25, -0.2) is 0 Å². The summed E-state index contributed by atoms with van der Waals surface area (Å²) < 4.78 is 6.15. The van der Waals surface area contributed by atoms with Crippen LogP contribution in [0.25, 0.3) is 21.7 Å². The first-order chi connectivity index (χ1) is 13.5. The number of furan rings is 1. The fourth-order valence-corrected chi connectivity index (χ4v) is 4.23. The van der Waals surface area contributed by atoms with E-state index in [2.05, 4.69) is 50.1 Å². The summed E-state index contributed by atoms with van der Waals surface area (Å²) in [6.07, 6.45) is 2.12. The average molecular weight is 379 g/mol. The van der Waals surface area contributed by atoms with Crippen molar-refractivity contribution in [2.75, 3.05) is 26.7 Å². The van der Waals surface area contributed by atoms with Gasteiger partial charge < -0.3 is 14.2 Å². The van der Waals surface area contributed by atoms with Gasteiger partial charge in [0.15, 0.2) is 5.76 Å². The number of hydrogen-bond donors (Lipinski definition) is 0. The molecule has 0 aliphatic carbocycles. The smallest absolute Gasteiger partial charge is 0.289 e. The normalized spacial score (nSPS) is 16.0. The molecule has 1 fully saturated rings. The molecule has 0 radical (unpaired) electrons. The van der Waals surface area contributed by atoms with Crippen LogP contribution in [0.1, 0.15) is 42.8 Å². The predicted octanol–water partition coefficient (Wildman–Crippen LogP) is 5.09. The van der Waals surface area contributed by atoms with E-state index >= 15 is 0 Å². The summed E-state index contributed by atoms with van der Waals surface area (Å²) in [5.41, 5.74) is 1.78. The minimum atomic E-state index is 0.0356. The summed E-state index contributed by atoms with van der Waals surface area (Å²) in [4.78, 5) is 17.6. The summed E-state index contributed by atoms with van der Waals surface area (Å²) >= 11 is 0. The van der Waals surface area contributed by atoms with E-state index in [1.54, 1.807) is 0 Å². The first-order valence-corrected chi connectivity index (χ1v) is 10.4. The molecule has 2 aromatic carbocycles. The molecule has 28 heavy (non-hydrogen) atoms. The highest BCUT2D eigenvalue weighted by molar-refractivity contribution is 6.08. The average Bonchev–Trinajstić information content (AvgIpc) is 3.05. The fourth-order valence-electron chi connectivity index (χ4n) is 4.23. The van der Waals surface area contributed by atoms with Crippen LogP contribution in [0.3, 0.4) is 0 Å². The van der Waals surface area contributed by atoms with Gasteiger partial charge in [-0.3, -0.25) is 4.79 Å². The van der Waals surface area contributed by atoms with Crippen LogP contribution >= 0.6 is 0 Å². The summed E-state index contributed by atoms with van der Waals surface area (Å²) in [6.45, 7) is 9.19. The van der Waals surface area contributed by atoms with E-state index in [1.807, 2.05) is 24.0 Å². The number of hydrogen-bond acceptors (Lipinski definition) is 3. The number of rotatable bonds is 4. The highest BCUT2D eigenvalue weighted by Crippen LogP contribution is 2.33. The van der Waals surface area contributed by atoms with Gasteiger partial charge in [0.1, 0.15) is 5.58 Å². The minimum Gasteiger partial charge on any atom is -0.450 e. The number of likely N-dealkylation sites (tertiary alicyclic amines) is 1. The van der Waals surface area contributed by atoms with Crippen molar-refractivity contribution in [1.82, 2.24) is 9.80 Å². The van der Waals surface area contributed by atoms with Gasteiger partial charge in [0.05, 0.1) is 0 Å². The van der Waals surface area contributed by atoms with E-state index in [1.165, 1.54) is 0 Å². The molecule has 1 aliphatic rings. The van der Waals surface area contributed by atoms with Crippen molar-refractivity contribution in [3.63, 3.8) is 0 Å². The number of carbonyl (C=O) groups excluding carboxylic acids is 1. The van der Waals surface area contributed by atoms with Crippen LogP contribution in [0.5, 0.6) is 0 Å². The topological polar surface area (TPSA) is 36.7 Å². The number of piperidine rings is 1. The maximum Gasteiger partial charge on any atom is 0.289 e. The third-order valence-corrected chi connectivity index (χ3v) is 6.35. The van der Waals surface area contributed by atoms with Crippen LogP contribution in [0.15, 0.2) is 40.8 Å². The monoisotopic (exact) mass is 378 g/mol. The van der Waals surface area contributed by atoms with Crippen molar-refractivity contribution >= 4 is 27.6 Å². The lowest BCUT2D eigenvalue weighted by Crippen LogP contribution is -2.42. The lowest BCUT2D eigenvalue weighted by atomic mass is 9.95. The summed E-state index contributed by atoms with van der Waals surface area (Å²) in [5.74, 6) is 1.20. The van der Waals surface area contributed by atoms with Gasteiger partial charge in [0.25, 0.3) is 5.91 Å². The first kappa shape index (κ1) is 19.0. The number of amides is 1. The molecule has 0 atom stereocenters. The Morgan fingerprint density at radius 2 is 1.86 bits per heavy atom. The molecule has 1 aromatic heterocycles. The van der Waals surface area contributed by atoms with Crippen LogP contribution < -0.4 is 0 Å². The Kier molecular flexibility index (Phi) is 5.15. The van der Waals surface area contributed by atoms with Gasteiger partial charge >= 0.3 is 0 Å². The zero-order valence-electron chi connectivity index (χ0n) is 17.4. The zero-order chi connectivity index (χ0) is 19.8. The maximum atomic E-state index is 13.2. The molecular weight excluding hydrogens is 348 g/mol. The van der Waals surface area contributed by atoms with Crippen LogP contribution in [0.2, 0.25) is 0 Å². The van der Waals surface area contributed by atoms with Crippen molar-refractivity contribution in [3.05, 3.63) is 47.7 Å². The number of benzene rings is 2. The van der Waals surface area contributed by atoms with Crippen LogP contribution in [0, 0.1) is 12.8 Å². The molecular formula is C24H30N2O2. The molecule has 0 saturated carbocycles. The Morgan fingerprint density at radius 3 is 2.57 bits per heavy atom. The molecule has 1 amide bonds. The van der Waals surface area contributed by atoms with Gasteiger partial charge in [-0.1, -0.05) is 36.4 Å². The third-order valence-electron chi connectivity index (χ3n) is 6.35. The van der Waals surface area contributed by atoms with E-state index in [0.717, 1.165) is 59.8 Å². The second-order valence-electron chi connectivity index (χ2n) is 8.49. The molecule has 4 rings (SSSR count). The lowest BCUT2D eigenvalue weighted by Gasteiger charge is -2.34. The number of carbonyl (C=O) groups is 1. The second-order valence-corrected chi connectivity index (χ2v) is 8.49.